The fourth-order valence-electron chi connectivity index (χ4n) is 3.05. The summed E-state index contributed by atoms with van der Waals surface area (Å²) < 4.78 is 6.66. The normalized spacial score (nSPS) is 15.5. The summed E-state index contributed by atoms with van der Waals surface area (Å²) in [5.41, 5.74) is 5.46. The molecule has 2 aromatic rings. The van der Waals surface area contributed by atoms with E-state index in [4.69, 9.17) is 10.5 Å². The van der Waals surface area contributed by atoms with E-state index >= 15 is 0 Å². The molecule has 0 unspecified atom stereocenters. The fourth-order valence-corrected chi connectivity index (χ4v) is 4.04. The molecule has 1 fully saturated rings. The van der Waals surface area contributed by atoms with Crippen LogP contribution in [0.4, 0.5) is 0 Å². The molecule has 0 bridgehead atoms. The molecule has 24 heavy (non-hydrogen) atoms. The molecule has 0 saturated heterocycles. The SMILES string of the molecule is Cc1c(C(N)=O)sc2ncn(CC(=O)OC3CCCCC3)c(=O)c12. The van der Waals surface area contributed by atoms with Gasteiger partial charge in [-0.25, -0.2) is 4.98 Å². The van der Waals surface area contributed by atoms with Gasteiger partial charge in [0, 0.05) is 0 Å². The lowest BCUT2D eigenvalue weighted by atomic mass is 9.98. The van der Waals surface area contributed by atoms with Crippen molar-refractivity contribution in [2.75, 3.05) is 0 Å². The molecule has 1 amide bonds. The van der Waals surface area contributed by atoms with Gasteiger partial charge in [-0.15, -0.1) is 11.3 Å². The number of hydrogen-bond donors (Lipinski definition) is 1. The van der Waals surface area contributed by atoms with Crippen LogP contribution < -0.4 is 11.3 Å². The molecule has 0 aliphatic heterocycles. The van der Waals surface area contributed by atoms with Crippen molar-refractivity contribution in [2.45, 2.75) is 51.7 Å². The Hall–Kier alpha value is -2.22. The van der Waals surface area contributed by atoms with E-state index in [-0.39, 0.29) is 18.2 Å². The number of carbonyl (C=O) groups is 2. The molecule has 0 atom stereocenters. The number of aryl methyl sites for hydroxylation is 1. The average Bonchev–Trinajstić information content (AvgIpc) is 2.89. The van der Waals surface area contributed by atoms with Crippen LogP contribution >= 0.6 is 11.3 Å². The summed E-state index contributed by atoms with van der Waals surface area (Å²) in [6, 6.07) is 0. The first-order valence-electron chi connectivity index (χ1n) is 7.95. The Bertz CT molecular complexity index is 849. The highest BCUT2D eigenvalue weighted by Gasteiger charge is 2.20. The molecule has 0 spiro atoms. The number of nitrogens with two attached hydrogens (primary N) is 1. The first-order chi connectivity index (χ1) is 11.5. The van der Waals surface area contributed by atoms with E-state index in [1.807, 2.05) is 0 Å². The zero-order valence-corrected chi connectivity index (χ0v) is 14.2. The van der Waals surface area contributed by atoms with Gasteiger partial charge in [-0.1, -0.05) is 6.42 Å². The minimum atomic E-state index is -0.585. The van der Waals surface area contributed by atoms with E-state index in [0.29, 0.717) is 20.7 Å². The lowest BCUT2D eigenvalue weighted by Gasteiger charge is -2.21. The number of carbonyl (C=O) groups excluding carboxylic acids is 2. The number of primary amides is 1. The van der Waals surface area contributed by atoms with E-state index in [2.05, 4.69) is 4.98 Å². The third-order valence-corrected chi connectivity index (χ3v) is 5.51. The number of esters is 1. The molecule has 2 heterocycles. The van der Waals surface area contributed by atoms with E-state index in [1.54, 1.807) is 6.92 Å². The second kappa shape index (κ2) is 6.72. The third kappa shape index (κ3) is 3.19. The summed E-state index contributed by atoms with van der Waals surface area (Å²) in [7, 11) is 0. The Morgan fingerprint density at radius 1 is 1.38 bits per heavy atom. The van der Waals surface area contributed by atoms with Crippen molar-refractivity contribution in [3.8, 4) is 0 Å². The molecule has 1 aliphatic rings. The molecular weight excluding hydrogens is 330 g/mol. The number of thiophene rings is 1. The van der Waals surface area contributed by atoms with Crippen molar-refractivity contribution in [2.24, 2.45) is 5.73 Å². The molecule has 8 heteroatoms. The summed E-state index contributed by atoms with van der Waals surface area (Å²) in [5, 5.41) is 0.335. The molecule has 0 aromatic carbocycles. The van der Waals surface area contributed by atoms with Crippen LogP contribution in [0.2, 0.25) is 0 Å². The third-order valence-electron chi connectivity index (χ3n) is 4.29. The summed E-state index contributed by atoms with van der Waals surface area (Å²) in [6.45, 7) is 1.48. The molecule has 1 aliphatic carbocycles. The summed E-state index contributed by atoms with van der Waals surface area (Å²) >= 11 is 1.09. The molecule has 128 valence electrons. The van der Waals surface area contributed by atoms with Crippen LogP contribution in [-0.2, 0) is 16.1 Å². The van der Waals surface area contributed by atoms with Crippen molar-refractivity contribution in [3.63, 3.8) is 0 Å². The molecule has 1 saturated carbocycles. The number of hydrogen-bond acceptors (Lipinski definition) is 6. The first-order valence-corrected chi connectivity index (χ1v) is 8.77. The second-order valence-corrected chi connectivity index (χ2v) is 7.03. The lowest BCUT2D eigenvalue weighted by Crippen LogP contribution is -2.29. The topological polar surface area (TPSA) is 104 Å². The van der Waals surface area contributed by atoms with E-state index in [0.717, 1.165) is 37.0 Å². The van der Waals surface area contributed by atoms with Gasteiger partial charge in [0.05, 0.1) is 16.6 Å². The summed E-state index contributed by atoms with van der Waals surface area (Å²) in [4.78, 5) is 41.0. The smallest absolute Gasteiger partial charge is 0.326 e. The van der Waals surface area contributed by atoms with Crippen LogP contribution in [0.1, 0.15) is 47.3 Å². The quantitative estimate of drug-likeness (QED) is 0.847. The maximum atomic E-state index is 12.6. The molecule has 2 aromatic heterocycles. The van der Waals surface area contributed by atoms with Gasteiger partial charge in [-0.2, -0.15) is 0 Å². The summed E-state index contributed by atoms with van der Waals surface area (Å²) in [6.07, 6.45) is 6.32. The molecule has 3 rings (SSSR count). The van der Waals surface area contributed by atoms with Gasteiger partial charge in [0.15, 0.2) is 0 Å². The highest BCUT2D eigenvalue weighted by Crippen LogP contribution is 2.26. The van der Waals surface area contributed by atoms with Crippen molar-refractivity contribution in [3.05, 3.63) is 27.1 Å². The summed E-state index contributed by atoms with van der Waals surface area (Å²) in [5.74, 6) is -1.02. The van der Waals surface area contributed by atoms with Gasteiger partial charge >= 0.3 is 5.97 Å². The van der Waals surface area contributed by atoms with Crippen LogP contribution in [0.5, 0.6) is 0 Å². The van der Waals surface area contributed by atoms with Gasteiger partial charge in [-0.3, -0.25) is 19.0 Å². The van der Waals surface area contributed by atoms with Crippen molar-refractivity contribution in [1.82, 2.24) is 9.55 Å². The fraction of sp³-hybridized carbons (Fsp3) is 0.500. The minimum Gasteiger partial charge on any atom is -0.461 e. The Labute approximate surface area is 142 Å². The van der Waals surface area contributed by atoms with Crippen molar-refractivity contribution in [1.29, 1.82) is 0 Å². The Morgan fingerprint density at radius 2 is 2.08 bits per heavy atom. The largest absolute Gasteiger partial charge is 0.461 e. The highest BCUT2D eigenvalue weighted by atomic mass is 32.1. The van der Waals surface area contributed by atoms with E-state index in [1.165, 1.54) is 17.3 Å². The van der Waals surface area contributed by atoms with Gasteiger partial charge in [0.2, 0.25) is 0 Å². The Morgan fingerprint density at radius 3 is 2.75 bits per heavy atom. The highest BCUT2D eigenvalue weighted by molar-refractivity contribution is 7.20. The lowest BCUT2D eigenvalue weighted by molar-refractivity contribution is -0.151. The molecule has 0 radical (unpaired) electrons. The number of aromatic nitrogens is 2. The predicted octanol–water partition coefficient (Wildman–Crippen LogP) is 1.74. The maximum Gasteiger partial charge on any atom is 0.326 e. The van der Waals surface area contributed by atoms with Crippen LogP contribution in [0.15, 0.2) is 11.1 Å². The van der Waals surface area contributed by atoms with Gasteiger partial charge in [0.25, 0.3) is 11.5 Å². The van der Waals surface area contributed by atoms with Crippen LogP contribution in [0.3, 0.4) is 0 Å². The van der Waals surface area contributed by atoms with Crippen LogP contribution in [0, 0.1) is 6.92 Å². The Balaban J connectivity index is 1.83. The zero-order valence-electron chi connectivity index (χ0n) is 13.4. The number of ether oxygens (including phenoxy) is 1. The number of fused-ring (bicyclic) bond motifs is 1. The maximum absolute atomic E-state index is 12.6. The molecule has 7 nitrogen and oxygen atoms in total. The van der Waals surface area contributed by atoms with E-state index in [9.17, 15) is 14.4 Å². The Kier molecular flexibility index (Phi) is 4.66. The van der Waals surface area contributed by atoms with Gasteiger partial charge in [0.1, 0.15) is 17.5 Å². The van der Waals surface area contributed by atoms with Crippen LogP contribution in [0.25, 0.3) is 10.2 Å². The van der Waals surface area contributed by atoms with Crippen molar-refractivity contribution >= 4 is 33.4 Å². The monoisotopic (exact) mass is 349 g/mol. The standard InChI is InChI=1S/C16H19N3O4S/c1-9-12-15(24-13(9)14(17)21)18-8-19(16(12)22)7-11(20)23-10-5-3-2-4-6-10/h8,10H,2-7H2,1H3,(H2,17,21). The zero-order chi connectivity index (χ0) is 17.3. The average molecular weight is 349 g/mol. The second-order valence-electron chi connectivity index (χ2n) is 6.03. The van der Waals surface area contributed by atoms with Crippen molar-refractivity contribution < 1.29 is 14.3 Å². The number of rotatable bonds is 4. The van der Waals surface area contributed by atoms with Gasteiger partial charge < -0.3 is 10.5 Å². The first kappa shape index (κ1) is 16.6. The molecular formula is C16H19N3O4S. The number of amides is 1. The van der Waals surface area contributed by atoms with Gasteiger partial charge in [-0.05, 0) is 38.2 Å². The number of nitrogens with zero attached hydrogens (tertiary/aromatic N) is 2. The van der Waals surface area contributed by atoms with E-state index < -0.39 is 11.9 Å². The minimum absolute atomic E-state index is 0.0528. The van der Waals surface area contributed by atoms with Crippen LogP contribution in [-0.4, -0.2) is 27.5 Å². The predicted molar refractivity (Wildman–Crippen MR) is 90.1 cm³/mol. The molecule has 2 N–H and O–H groups in total.